The fraction of sp³-hybridized carbons (Fsp3) is 0.417. The van der Waals surface area contributed by atoms with Crippen LogP contribution >= 0.6 is 0 Å². The summed E-state index contributed by atoms with van der Waals surface area (Å²) in [5.74, 6) is 0.141. The number of benzene rings is 2. The van der Waals surface area contributed by atoms with E-state index in [0.29, 0.717) is 26.0 Å². The Morgan fingerprint density at radius 1 is 1.07 bits per heavy atom. The van der Waals surface area contributed by atoms with Gasteiger partial charge in [0.1, 0.15) is 17.6 Å². The lowest BCUT2D eigenvalue weighted by molar-refractivity contribution is -0.141. The summed E-state index contributed by atoms with van der Waals surface area (Å²) in [5, 5.41) is 2.80. The minimum atomic E-state index is -0.569. The first-order chi connectivity index (χ1) is 14.4. The van der Waals surface area contributed by atoms with E-state index in [-0.39, 0.29) is 30.6 Å². The predicted molar refractivity (Wildman–Crippen MR) is 116 cm³/mol. The molecule has 0 radical (unpaired) electrons. The van der Waals surface area contributed by atoms with E-state index in [0.717, 1.165) is 16.9 Å². The Morgan fingerprint density at radius 2 is 1.73 bits per heavy atom. The average Bonchev–Trinajstić information content (AvgIpc) is 2.74. The quantitative estimate of drug-likeness (QED) is 0.560. The third-order valence-corrected chi connectivity index (χ3v) is 4.83. The highest BCUT2D eigenvalue weighted by Gasteiger charge is 2.28. The van der Waals surface area contributed by atoms with Gasteiger partial charge in [-0.3, -0.25) is 9.59 Å². The summed E-state index contributed by atoms with van der Waals surface area (Å²) in [5.41, 5.74) is 1.94. The standard InChI is InChI=1S/C24H31FN2O3/c1-4-22(24(29)26-5-2)27(17-19-10-12-20(25)13-11-19)23(28)7-6-16-30-21-14-8-18(3)9-15-21/h8-15,22H,4-7,16-17H2,1-3H3,(H,26,29)/t22-/m0/s1. The summed E-state index contributed by atoms with van der Waals surface area (Å²) in [4.78, 5) is 27.1. The second-order valence-electron chi connectivity index (χ2n) is 7.23. The monoisotopic (exact) mass is 414 g/mol. The van der Waals surface area contributed by atoms with Crippen LogP contribution in [0.2, 0.25) is 0 Å². The van der Waals surface area contributed by atoms with Crippen molar-refractivity contribution in [2.45, 2.75) is 52.6 Å². The average molecular weight is 415 g/mol. The largest absolute Gasteiger partial charge is 0.494 e. The highest BCUT2D eigenvalue weighted by molar-refractivity contribution is 5.87. The Balaban J connectivity index is 2.01. The Kier molecular flexibility index (Phi) is 9.32. The Labute approximate surface area is 178 Å². The van der Waals surface area contributed by atoms with Gasteiger partial charge < -0.3 is 15.0 Å². The number of rotatable bonds is 11. The zero-order valence-corrected chi connectivity index (χ0v) is 18.0. The zero-order chi connectivity index (χ0) is 21.9. The molecule has 0 saturated carbocycles. The number of carbonyl (C=O) groups excluding carboxylic acids is 2. The minimum Gasteiger partial charge on any atom is -0.494 e. The van der Waals surface area contributed by atoms with Crippen LogP contribution in [0, 0.1) is 12.7 Å². The van der Waals surface area contributed by atoms with Crippen LogP contribution in [0.1, 0.15) is 44.2 Å². The van der Waals surface area contributed by atoms with Gasteiger partial charge in [-0.2, -0.15) is 0 Å². The number of halogens is 1. The molecule has 2 rings (SSSR count). The van der Waals surface area contributed by atoms with E-state index < -0.39 is 6.04 Å². The number of ether oxygens (including phenoxy) is 1. The van der Waals surface area contributed by atoms with Crippen LogP contribution in [0.5, 0.6) is 5.75 Å². The van der Waals surface area contributed by atoms with Crippen molar-refractivity contribution in [2.75, 3.05) is 13.2 Å². The van der Waals surface area contributed by atoms with Crippen molar-refractivity contribution in [3.63, 3.8) is 0 Å². The molecular weight excluding hydrogens is 383 g/mol. The van der Waals surface area contributed by atoms with Gasteiger partial charge in [-0.05, 0) is 56.5 Å². The smallest absolute Gasteiger partial charge is 0.242 e. The van der Waals surface area contributed by atoms with Gasteiger partial charge in [-0.15, -0.1) is 0 Å². The molecule has 0 fully saturated rings. The van der Waals surface area contributed by atoms with Crippen LogP contribution in [0.3, 0.4) is 0 Å². The van der Waals surface area contributed by atoms with Gasteiger partial charge in [0.2, 0.25) is 11.8 Å². The zero-order valence-electron chi connectivity index (χ0n) is 18.0. The van der Waals surface area contributed by atoms with Crippen molar-refractivity contribution in [2.24, 2.45) is 0 Å². The lowest BCUT2D eigenvalue weighted by atomic mass is 10.1. The topological polar surface area (TPSA) is 58.6 Å². The van der Waals surface area contributed by atoms with E-state index >= 15 is 0 Å². The van der Waals surface area contributed by atoms with E-state index in [9.17, 15) is 14.0 Å². The van der Waals surface area contributed by atoms with Gasteiger partial charge in [0.05, 0.1) is 6.61 Å². The van der Waals surface area contributed by atoms with Crippen LogP contribution in [0.4, 0.5) is 4.39 Å². The number of amides is 2. The lowest BCUT2D eigenvalue weighted by Gasteiger charge is -2.30. The first-order valence-electron chi connectivity index (χ1n) is 10.5. The fourth-order valence-electron chi connectivity index (χ4n) is 3.19. The van der Waals surface area contributed by atoms with E-state index in [1.807, 2.05) is 45.0 Å². The molecule has 2 aromatic rings. The molecule has 0 unspecified atom stereocenters. The molecule has 0 aliphatic rings. The number of aryl methyl sites for hydroxylation is 1. The number of likely N-dealkylation sites (N-methyl/N-ethyl adjacent to an activating group) is 1. The third kappa shape index (κ3) is 7.17. The normalized spacial score (nSPS) is 11.6. The molecule has 5 nitrogen and oxygen atoms in total. The maximum atomic E-state index is 13.2. The van der Waals surface area contributed by atoms with Crippen molar-refractivity contribution in [3.05, 3.63) is 65.5 Å². The number of nitrogens with one attached hydrogen (secondary N) is 1. The van der Waals surface area contributed by atoms with E-state index in [2.05, 4.69) is 5.32 Å². The Bertz CT molecular complexity index is 806. The molecule has 30 heavy (non-hydrogen) atoms. The van der Waals surface area contributed by atoms with Crippen molar-refractivity contribution < 1.29 is 18.7 Å². The number of hydrogen-bond acceptors (Lipinski definition) is 3. The van der Waals surface area contributed by atoms with Crippen LogP contribution in [-0.4, -0.2) is 35.9 Å². The summed E-state index contributed by atoms with van der Waals surface area (Å²) < 4.78 is 18.9. The molecule has 0 heterocycles. The molecule has 1 atom stereocenters. The van der Waals surface area contributed by atoms with Crippen molar-refractivity contribution in [1.29, 1.82) is 0 Å². The van der Waals surface area contributed by atoms with E-state index in [1.165, 1.54) is 12.1 Å². The number of carbonyl (C=O) groups is 2. The minimum absolute atomic E-state index is 0.120. The van der Waals surface area contributed by atoms with Crippen LogP contribution in [0.15, 0.2) is 48.5 Å². The van der Waals surface area contributed by atoms with Crippen molar-refractivity contribution in [1.82, 2.24) is 10.2 Å². The first-order valence-corrected chi connectivity index (χ1v) is 10.5. The summed E-state index contributed by atoms with van der Waals surface area (Å²) in [7, 11) is 0. The summed E-state index contributed by atoms with van der Waals surface area (Å²) in [6, 6.07) is 13.2. The molecule has 2 amide bonds. The molecule has 162 valence electrons. The summed E-state index contributed by atoms with van der Waals surface area (Å²) >= 11 is 0. The molecule has 0 spiro atoms. The maximum absolute atomic E-state index is 13.2. The van der Waals surface area contributed by atoms with Gasteiger partial charge in [0.15, 0.2) is 0 Å². The van der Waals surface area contributed by atoms with Gasteiger partial charge in [0.25, 0.3) is 0 Å². The first kappa shape index (κ1) is 23.4. The molecule has 0 aromatic heterocycles. The lowest BCUT2D eigenvalue weighted by Crippen LogP contribution is -2.49. The SMILES string of the molecule is CCNC(=O)[C@H](CC)N(Cc1ccc(F)cc1)C(=O)CCCOc1ccc(C)cc1. The predicted octanol–water partition coefficient (Wildman–Crippen LogP) is 4.24. The summed E-state index contributed by atoms with van der Waals surface area (Å²) in [6.07, 6.45) is 1.31. The van der Waals surface area contributed by atoms with Crippen LogP contribution in [-0.2, 0) is 16.1 Å². The van der Waals surface area contributed by atoms with Crippen LogP contribution < -0.4 is 10.1 Å². The molecular formula is C24H31FN2O3. The molecule has 2 aromatic carbocycles. The van der Waals surface area contributed by atoms with E-state index in [1.54, 1.807) is 17.0 Å². The van der Waals surface area contributed by atoms with Gasteiger partial charge in [-0.25, -0.2) is 4.39 Å². The third-order valence-electron chi connectivity index (χ3n) is 4.83. The fourth-order valence-corrected chi connectivity index (χ4v) is 3.19. The Hall–Kier alpha value is -2.89. The van der Waals surface area contributed by atoms with Gasteiger partial charge in [-0.1, -0.05) is 36.8 Å². The highest BCUT2D eigenvalue weighted by Crippen LogP contribution is 2.16. The molecule has 0 aliphatic carbocycles. The van der Waals surface area contributed by atoms with Gasteiger partial charge in [0, 0.05) is 19.5 Å². The molecule has 1 N–H and O–H groups in total. The van der Waals surface area contributed by atoms with Crippen molar-refractivity contribution in [3.8, 4) is 5.75 Å². The van der Waals surface area contributed by atoms with Gasteiger partial charge >= 0.3 is 0 Å². The molecule has 0 bridgehead atoms. The second-order valence-corrected chi connectivity index (χ2v) is 7.23. The number of hydrogen-bond donors (Lipinski definition) is 1. The molecule has 6 heteroatoms. The highest BCUT2D eigenvalue weighted by atomic mass is 19.1. The van der Waals surface area contributed by atoms with E-state index in [4.69, 9.17) is 4.74 Å². The molecule has 0 aliphatic heterocycles. The molecule has 0 saturated heterocycles. The summed E-state index contributed by atoms with van der Waals surface area (Å²) in [6.45, 7) is 6.91. The maximum Gasteiger partial charge on any atom is 0.242 e. The number of nitrogens with zero attached hydrogens (tertiary/aromatic N) is 1. The second kappa shape index (κ2) is 12.0. The Morgan fingerprint density at radius 3 is 2.33 bits per heavy atom. The van der Waals surface area contributed by atoms with Crippen molar-refractivity contribution >= 4 is 11.8 Å². The van der Waals surface area contributed by atoms with Crippen LogP contribution in [0.25, 0.3) is 0 Å².